The molecule has 3 N–H and O–H groups in total. The number of nitrogens with zero attached hydrogens (tertiary/aromatic N) is 1. The molecule has 1 aromatic rings. The maximum Gasteiger partial charge on any atom is 0.319 e. The molecule has 0 aliphatic rings. The van der Waals surface area contributed by atoms with Crippen LogP contribution in [0.15, 0.2) is 24.4 Å². The number of rotatable bonds is 7. The zero-order valence-electron chi connectivity index (χ0n) is 10.9. The summed E-state index contributed by atoms with van der Waals surface area (Å²) in [4.78, 5) is 35.9. The van der Waals surface area contributed by atoms with E-state index in [0.717, 1.165) is 6.92 Å². The van der Waals surface area contributed by atoms with Crippen LogP contribution in [0.2, 0.25) is 0 Å². The Morgan fingerprint density at radius 2 is 2.00 bits per heavy atom. The van der Waals surface area contributed by atoms with Gasteiger partial charge in [-0.05, 0) is 25.5 Å². The number of carboxylic acids is 2. The van der Waals surface area contributed by atoms with E-state index in [-0.39, 0.29) is 0 Å². The van der Waals surface area contributed by atoms with Gasteiger partial charge in [0.1, 0.15) is 5.16 Å². The summed E-state index contributed by atoms with van der Waals surface area (Å²) >= 11 is 0. The number of carboxylic acid groups (broad SMARTS) is 2. The lowest BCUT2D eigenvalue weighted by Gasteiger charge is -2.29. The second kappa shape index (κ2) is 6.15. The van der Waals surface area contributed by atoms with Crippen LogP contribution in [0.25, 0.3) is 0 Å². The van der Waals surface area contributed by atoms with E-state index >= 15 is 0 Å². The predicted molar refractivity (Wildman–Crippen MR) is 70.7 cm³/mol. The smallest absolute Gasteiger partial charge is 0.319 e. The summed E-state index contributed by atoms with van der Waals surface area (Å²) in [6.07, 6.45) is 0.120. The molecule has 0 saturated heterocycles. The lowest BCUT2D eigenvalue weighted by molar-refractivity contribution is -0.141. The van der Waals surface area contributed by atoms with E-state index in [1.165, 1.54) is 12.3 Å². The van der Waals surface area contributed by atoms with Gasteiger partial charge in [-0.15, -0.1) is 0 Å². The largest absolute Gasteiger partial charge is 0.481 e. The van der Waals surface area contributed by atoms with Gasteiger partial charge in [-0.1, -0.05) is 6.07 Å². The van der Waals surface area contributed by atoms with E-state index < -0.39 is 43.5 Å². The quantitative estimate of drug-likeness (QED) is 0.652. The van der Waals surface area contributed by atoms with Crippen molar-refractivity contribution in [2.24, 2.45) is 0 Å². The fourth-order valence-electron chi connectivity index (χ4n) is 1.67. The van der Waals surface area contributed by atoms with Crippen molar-refractivity contribution in [3.63, 3.8) is 0 Å². The van der Waals surface area contributed by atoms with Gasteiger partial charge in [-0.3, -0.25) is 19.1 Å². The molecule has 1 aromatic heterocycles. The SMILES string of the molecule is CC(CCC(=O)O)(C(=O)O)P(=O)(O)Cc1ccccn1. The van der Waals surface area contributed by atoms with Crippen molar-refractivity contribution in [2.45, 2.75) is 31.1 Å². The van der Waals surface area contributed by atoms with Crippen molar-refractivity contribution in [1.82, 2.24) is 4.98 Å². The third-order valence-electron chi connectivity index (χ3n) is 3.16. The molecule has 0 radical (unpaired) electrons. The molecule has 0 amide bonds. The van der Waals surface area contributed by atoms with Crippen molar-refractivity contribution < 1.29 is 29.3 Å². The monoisotopic (exact) mass is 301 g/mol. The number of hydrogen-bond acceptors (Lipinski definition) is 4. The Kier molecular flexibility index (Phi) is 5.03. The standard InChI is InChI=1S/C12H16NO6P/c1-12(11(16)17,6-5-10(14)15)20(18,19)8-9-4-2-3-7-13-9/h2-4,7H,5-6,8H2,1H3,(H,14,15)(H,16,17)(H,18,19). The van der Waals surface area contributed by atoms with E-state index in [1.54, 1.807) is 12.1 Å². The van der Waals surface area contributed by atoms with E-state index in [0.29, 0.717) is 5.69 Å². The summed E-state index contributed by atoms with van der Waals surface area (Å²) < 4.78 is 12.4. The van der Waals surface area contributed by atoms with Gasteiger partial charge in [0.25, 0.3) is 0 Å². The van der Waals surface area contributed by atoms with Gasteiger partial charge in [-0.25, -0.2) is 0 Å². The minimum atomic E-state index is -4.17. The summed E-state index contributed by atoms with van der Waals surface area (Å²) in [5, 5.41) is 15.8. The summed E-state index contributed by atoms with van der Waals surface area (Å²) in [6, 6.07) is 4.77. The summed E-state index contributed by atoms with van der Waals surface area (Å²) in [7, 11) is -4.17. The Bertz CT molecular complexity index is 546. The lowest BCUT2D eigenvalue weighted by atomic mass is 10.1. The first kappa shape index (κ1) is 16.3. The Balaban J connectivity index is 3.02. The molecule has 110 valence electrons. The minimum absolute atomic E-state index is 0.293. The summed E-state index contributed by atoms with van der Waals surface area (Å²) in [6.45, 7) is 1.10. The molecule has 0 aromatic carbocycles. The molecule has 0 bridgehead atoms. The number of aliphatic carboxylic acids is 2. The average molecular weight is 301 g/mol. The zero-order chi connectivity index (χ0) is 15.4. The average Bonchev–Trinajstić information content (AvgIpc) is 2.36. The molecule has 0 fully saturated rings. The van der Waals surface area contributed by atoms with E-state index in [4.69, 9.17) is 5.11 Å². The highest BCUT2D eigenvalue weighted by atomic mass is 31.2. The maximum atomic E-state index is 12.4. The third kappa shape index (κ3) is 3.65. The Hall–Kier alpha value is -1.72. The number of carbonyl (C=O) groups is 2. The van der Waals surface area contributed by atoms with Gasteiger partial charge in [0.15, 0.2) is 0 Å². The van der Waals surface area contributed by atoms with Crippen LogP contribution in [0.3, 0.4) is 0 Å². The molecule has 1 rings (SSSR count). The normalized spacial score (nSPS) is 16.9. The predicted octanol–water partition coefficient (Wildman–Crippen LogP) is 1.56. The van der Waals surface area contributed by atoms with Gasteiger partial charge in [-0.2, -0.15) is 0 Å². The number of pyridine rings is 1. The van der Waals surface area contributed by atoms with Crippen molar-refractivity contribution >= 4 is 19.3 Å². The third-order valence-corrected chi connectivity index (χ3v) is 5.87. The van der Waals surface area contributed by atoms with Gasteiger partial charge >= 0.3 is 11.9 Å². The first-order valence-electron chi connectivity index (χ1n) is 5.86. The van der Waals surface area contributed by atoms with Crippen LogP contribution in [0, 0.1) is 0 Å². The number of hydrogen-bond donors (Lipinski definition) is 3. The molecule has 7 nitrogen and oxygen atoms in total. The second-order valence-electron chi connectivity index (χ2n) is 4.65. The molecular formula is C12H16NO6P. The van der Waals surface area contributed by atoms with Crippen LogP contribution in [-0.4, -0.2) is 37.2 Å². The maximum absolute atomic E-state index is 12.4. The van der Waals surface area contributed by atoms with Crippen LogP contribution in [0.1, 0.15) is 25.5 Å². The van der Waals surface area contributed by atoms with Crippen molar-refractivity contribution in [2.75, 3.05) is 0 Å². The number of aromatic nitrogens is 1. The highest BCUT2D eigenvalue weighted by Gasteiger charge is 2.49. The van der Waals surface area contributed by atoms with Crippen molar-refractivity contribution in [3.8, 4) is 0 Å². The molecule has 0 spiro atoms. The van der Waals surface area contributed by atoms with Crippen LogP contribution >= 0.6 is 7.37 Å². The molecule has 8 heteroatoms. The topological polar surface area (TPSA) is 125 Å². The molecule has 1 heterocycles. The lowest BCUT2D eigenvalue weighted by Crippen LogP contribution is -2.36. The first-order chi connectivity index (χ1) is 9.19. The Morgan fingerprint density at radius 1 is 1.35 bits per heavy atom. The van der Waals surface area contributed by atoms with E-state index in [9.17, 15) is 24.2 Å². The van der Waals surface area contributed by atoms with Crippen LogP contribution in [0.5, 0.6) is 0 Å². The molecule has 0 aliphatic carbocycles. The molecular weight excluding hydrogens is 285 g/mol. The highest BCUT2D eigenvalue weighted by molar-refractivity contribution is 7.60. The van der Waals surface area contributed by atoms with Crippen LogP contribution < -0.4 is 0 Å². The van der Waals surface area contributed by atoms with Gasteiger partial charge in [0, 0.05) is 18.3 Å². The van der Waals surface area contributed by atoms with Crippen molar-refractivity contribution in [3.05, 3.63) is 30.1 Å². The van der Waals surface area contributed by atoms with Gasteiger partial charge < -0.3 is 15.1 Å². The zero-order valence-corrected chi connectivity index (χ0v) is 11.8. The fraction of sp³-hybridized carbons (Fsp3) is 0.417. The first-order valence-corrected chi connectivity index (χ1v) is 7.70. The van der Waals surface area contributed by atoms with Crippen LogP contribution in [0.4, 0.5) is 0 Å². The summed E-state index contributed by atoms with van der Waals surface area (Å²) in [5.41, 5.74) is 0.293. The molecule has 2 atom stereocenters. The fourth-order valence-corrected chi connectivity index (χ4v) is 3.40. The minimum Gasteiger partial charge on any atom is -0.481 e. The highest BCUT2D eigenvalue weighted by Crippen LogP contribution is 2.58. The van der Waals surface area contributed by atoms with Gasteiger partial charge in [0.2, 0.25) is 7.37 Å². The van der Waals surface area contributed by atoms with E-state index in [1.807, 2.05) is 0 Å². The van der Waals surface area contributed by atoms with Gasteiger partial charge in [0.05, 0.1) is 6.16 Å². The molecule has 0 aliphatic heterocycles. The summed E-state index contributed by atoms with van der Waals surface area (Å²) in [5.74, 6) is -2.70. The second-order valence-corrected chi connectivity index (χ2v) is 7.36. The molecule has 0 saturated carbocycles. The van der Waals surface area contributed by atoms with E-state index in [2.05, 4.69) is 4.98 Å². The van der Waals surface area contributed by atoms with Crippen molar-refractivity contribution in [1.29, 1.82) is 0 Å². The van der Waals surface area contributed by atoms with Crippen LogP contribution in [-0.2, 0) is 20.3 Å². The molecule has 20 heavy (non-hydrogen) atoms. The molecule has 2 unspecified atom stereocenters. The Morgan fingerprint density at radius 3 is 2.45 bits per heavy atom. The Labute approximate surface area is 115 Å².